The van der Waals surface area contributed by atoms with Crippen LogP contribution in [0, 0.1) is 0 Å². The van der Waals surface area contributed by atoms with Crippen molar-refractivity contribution in [1.29, 1.82) is 0 Å². The lowest BCUT2D eigenvalue weighted by Crippen LogP contribution is -2.33. The van der Waals surface area contributed by atoms with Crippen LogP contribution >= 0.6 is 0 Å². The molecule has 1 heterocycles. The molecule has 0 atom stereocenters. The predicted molar refractivity (Wildman–Crippen MR) is 105 cm³/mol. The van der Waals surface area contributed by atoms with Gasteiger partial charge in [-0.3, -0.25) is 0 Å². The summed E-state index contributed by atoms with van der Waals surface area (Å²) in [7, 11) is 6.66. The van der Waals surface area contributed by atoms with Crippen LogP contribution in [0.3, 0.4) is 0 Å². The van der Waals surface area contributed by atoms with E-state index in [1.54, 1.807) is 0 Å². The van der Waals surface area contributed by atoms with Crippen LogP contribution in [0.1, 0.15) is 58.4 Å². The molecular weight excluding hydrogens is 292 g/mol. The fourth-order valence-electron chi connectivity index (χ4n) is 2.86. The lowest BCUT2D eigenvalue weighted by atomic mass is 9.79. The zero-order chi connectivity index (χ0) is 18.3. The first-order valence-corrected chi connectivity index (χ1v) is 8.90. The zero-order valence-corrected chi connectivity index (χ0v) is 17.0. The summed E-state index contributed by atoms with van der Waals surface area (Å²) in [4.78, 5) is 3.63. The standard InChI is InChI=1S/C22H35N2/c1-21(2,3)17-12-16(13-18(14-17)22(4,5)6)20-11-10-19(23-20)15-24(7,8)9/h10-14,23H,15H2,1-9H3/q+1. The van der Waals surface area contributed by atoms with E-state index in [9.17, 15) is 0 Å². The molecule has 1 aromatic heterocycles. The highest BCUT2D eigenvalue weighted by molar-refractivity contribution is 5.63. The van der Waals surface area contributed by atoms with Gasteiger partial charge in [-0.2, -0.15) is 0 Å². The van der Waals surface area contributed by atoms with Gasteiger partial charge in [0.25, 0.3) is 0 Å². The van der Waals surface area contributed by atoms with Gasteiger partial charge in [0.15, 0.2) is 0 Å². The second kappa shape index (κ2) is 6.07. The molecule has 24 heavy (non-hydrogen) atoms. The number of nitrogens with one attached hydrogen (secondary N) is 1. The summed E-state index contributed by atoms with van der Waals surface area (Å²) >= 11 is 0. The Balaban J connectivity index is 2.50. The van der Waals surface area contributed by atoms with Crippen LogP contribution in [-0.2, 0) is 17.4 Å². The molecule has 0 saturated heterocycles. The Labute approximate surface area is 148 Å². The molecule has 0 spiro atoms. The first-order valence-electron chi connectivity index (χ1n) is 8.90. The third kappa shape index (κ3) is 4.73. The Morgan fingerprint density at radius 3 is 1.71 bits per heavy atom. The number of aromatic amines is 1. The van der Waals surface area contributed by atoms with Gasteiger partial charge in [0.05, 0.1) is 26.8 Å². The molecule has 0 fully saturated rings. The Bertz CT molecular complexity index is 669. The zero-order valence-electron chi connectivity index (χ0n) is 17.0. The lowest BCUT2D eigenvalue weighted by molar-refractivity contribution is -0.884. The fraction of sp³-hybridized carbons (Fsp3) is 0.545. The second-order valence-electron chi connectivity index (χ2n) is 10.1. The predicted octanol–water partition coefficient (Wildman–Crippen LogP) is 5.48. The molecule has 0 aliphatic rings. The number of benzene rings is 1. The van der Waals surface area contributed by atoms with E-state index in [4.69, 9.17) is 0 Å². The third-order valence-electron chi connectivity index (χ3n) is 4.37. The Kier molecular flexibility index (Phi) is 4.76. The lowest BCUT2D eigenvalue weighted by Gasteiger charge is -2.26. The van der Waals surface area contributed by atoms with Gasteiger partial charge in [-0.05, 0) is 51.8 Å². The second-order valence-corrected chi connectivity index (χ2v) is 10.1. The molecule has 0 radical (unpaired) electrons. The molecule has 1 N–H and O–H groups in total. The van der Waals surface area contributed by atoms with Gasteiger partial charge in [0.1, 0.15) is 6.54 Å². The molecule has 0 unspecified atom stereocenters. The average molecular weight is 328 g/mol. The van der Waals surface area contributed by atoms with E-state index < -0.39 is 0 Å². The minimum atomic E-state index is 0.147. The van der Waals surface area contributed by atoms with E-state index in [1.807, 2.05) is 0 Å². The van der Waals surface area contributed by atoms with Gasteiger partial charge in [-0.25, -0.2) is 0 Å². The van der Waals surface area contributed by atoms with E-state index in [0.717, 1.165) is 11.0 Å². The molecule has 0 bridgehead atoms. The van der Waals surface area contributed by atoms with E-state index in [0.29, 0.717) is 0 Å². The van der Waals surface area contributed by atoms with Crippen molar-refractivity contribution in [3.63, 3.8) is 0 Å². The molecule has 1 aromatic carbocycles. The maximum atomic E-state index is 3.63. The van der Waals surface area contributed by atoms with Crippen molar-refractivity contribution in [2.75, 3.05) is 21.1 Å². The van der Waals surface area contributed by atoms with Gasteiger partial charge in [-0.1, -0.05) is 47.6 Å². The number of rotatable bonds is 3. The smallest absolute Gasteiger partial charge is 0.119 e. The topological polar surface area (TPSA) is 15.8 Å². The van der Waals surface area contributed by atoms with Crippen molar-refractivity contribution >= 4 is 0 Å². The van der Waals surface area contributed by atoms with Crippen LogP contribution in [0.5, 0.6) is 0 Å². The summed E-state index contributed by atoms with van der Waals surface area (Å²) in [5.74, 6) is 0. The van der Waals surface area contributed by atoms with Crippen LogP contribution in [0.2, 0.25) is 0 Å². The van der Waals surface area contributed by atoms with Crippen LogP contribution in [0.15, 0.2) is 30.3 Å². The van der Waals surface area contributed by atoms with Crippen molar-refractivity contribution in [3.8, 4) is 11.3 Å². The molecule has 0 aliphatic heterocycles. The SMILES string of the molecule is CC(C)(C)c1cc(-c2ccc(C[N+](C)(C)C)[nH]2)cc(C(C)(C)C)c1. The van der Waals surface area contributed by atoms with Crippen molar-refractivity contribution in [2.24, 2.45) is 0 Å². The normalized spacial score (nSPS) is 13.4. The summed E-state index contributed by atoms with van der Waals surface area (Å²) in [6.07, 6.45) is 0. The highest BCUT2D eigenvalue weighted by Crippen LogP contribution is 2.33. The van der Waals surface area contributed by atoms with E-state index >= 15 is 0 Å². The largest absolute Gasteiger partial charge is 0.354 e. The molecule has 2 rings (SSSR count). The number of hydrogen-bond acceptors (Lipinski definition) is 0. The van der Waals surface area contributed by atoms with Crippen LogP contribution in [0.4, 0.5) is 0 Å². The Morgan fingerprint density at radius 1 is 0.792 bits per heavy atom. The van der Waals surface area contributed by atoms with Crippen molar-refractivity contribution in [1.82, 2.24) is 4.98 Å². The number of aromatic nitrogens is 1. The number of nitrogens with zero attached hydrogens (tertiary/aromatic N) is 1. The summed E-state index contributed by atoms with van der Waals surface area (Å²) < 4.78 is 0.926. The minimum absolute atomic E-state index is 0.147. The Hall–Kier alpha value is -1.54. The van der Waals surface area contributed by atoms with Crippen molar-refractivity contribution in [2.45, 2.75) is 58.9 Å². The Morgan fingerprint density at radius 2 is 1.29 bits per heavy atom. The van der Waals surface area contributed by atoms with Gasteiger partial charge in [0, 0.05) is 5.69 Å². The molecule has 2 heteroatoms. The third-order valence-corrected chi connectivity index (χ3v) is 4.37. The highest BCUT2D eigenvalue weighted by Gasteiger charge is 2.21. The molecule has 0 amide bonds. The quantitative estimate of drug-likeness (QED) is 0.718. The molecule has 132 valence electrons. The molecule has 2 aromatic rings. The number of H-pyrrole nitrogens is 1. The summed E-state index contributed by atoms with van der Waals surface area (Å²) in [5, 5.41) is 0. The highest BCUT2D eigenvalue weighted by atomic mass is 15.3. The number of quaternary nitrogens is 1. The summed E-state index contributed by atoms with van der Waals surface area (Å²) in [6.45, 7) is 14.7. The number of hydrogen-bond donors (Lipinski definition) is 1. The fourth-order valence-corrected chi connectivity index (χ4v) is 2.86. The van der Waals surface area contributed by atoms with E-state index in [-0.39, 0.29) is 10.8 Å². The first-order chi connectivity index (χ1) is 10.8. The van der Waals surface area contributed by atoms with Crippen molar-refractivity contribution < 1.29 is 4.48 Å². The monoisotopic (exact) mass is 327 g/mol. The summed E-state index contributed by atoms with van der Waals surface area (Å²) in [5.41, 5.74) is 6.88. The van der Waals surface area contributed by atoms with Crippen LogP contribution in [0.25, 0.3) is 11.3 Å². The maximum Gasteiger partial charge on any atom is 0.119 e. The molecular formula is C22H35N2+. The van der Waals surface area contributed by atoms with Crippen LogP contribution < -0.4 is 0 Å². The summed E-state index contributed by atoms with van der Waals surface area (Å²) in [6, 6.07) is 11.5. The minimum Gasteiger partial charge on any atom is -0.354 e. The van der Waals surface area contributed by atoms with Gasteiger partial charge >= 0.3 is 0 Å². The molecule has 0 aliphatic carbocycles. The van der Waals surface area contributed by atoms with Gasteiger partial charge < -0.3 is 9.47 Å². The average Bonchev–Trinajstić information content (AvgIpc) is 2.82. The van der Waals surface area contributed by atoms with Gasteiger partial charge in [-0.15, -0.1) is 0 Å². The maximum absolute atomic E-state index is 3.63. The molecule has 0 saturated carbocycles. The van der Waals surface area contributed by atoms with Crippen LogP contribution in [-0.4, -0.2) is 30.6 Å². The van der Waals surface area contributed by atoms with E-state index in [2.05, 4.69) is 98.0 Å². The van der Waals surface area contributed by atoms with Gasteiger partial charge in [0.2, 0.25) is 0 Å². The molecule has 2 nitrogen and oxygen atoms in total. The van der Waals surface area contributed by atoms with Crippen molar-refractivity contribution in [3.05, 3.63) is 47.2 Å². The van der Waals surface area contributed by atoms with E-state index in [1.165, 1.54) is 28.1 Å². The first kappa shape index (κ1) is 18.8.